The highest BCUT2D eigenvalue weighted by Gasteiger charge is 2.25. The van der Waals surface area contributed by atoms with Crippen LogP contribution in [-0.4, -0.2) is 36.2 Å². The van der Waals surface area contributed by atoms with Gasteiger partial charge in [-0.2, -0.15) is 0 Å². The van der Waals surface area contributed by atoms with E-state index in [1.54, 1.807) is 0 Å². The van der Waals surface area contributed by atoms with Gasteiger partial charge in [-0.15, -0.1) is 0 Å². The van der Waals surface area contributed by atoms with Gasteiger partial charge in [-0.05, 0) is 13.1 Å². The summed E-state index contributed by atoms with van der Waals surface area (Å²) in [5, 5.41) is 8.79. The summed E-state index contributed by atoms with van der Waals surface area (Å²) in [5.74, 6) is 0.0717. The third-order valence-corrected chi connectivity index (χ3v) is 2.84. The molecule has 2 rings (SSSR count). The van der Waals surface area contributed by atoms with E-state index in [4.69, 9.17) is 9.84 Å². The lowest BCUT2D eigenvalue weighted by molar-refractivity contribution is -0.138. The standard InChI is InChI=1S/C12H15NO3/c1-13(8-12(14)15)10-6-7-16-11-5-3-2-4-9(10)11/h2-5,10H,6-8H2,1H3,(H,14,15). The minimum Gasteiger partial charge on any atom is -0.493 e. The average Bonchev–Trinajstić information content (AvgIpc) is 2.27. The van der Waals surface area contributed by atoms with E-state index in [-0.39, 0.29) is 12.6 Å². The summed E-state index contributed by atoms with van der Waals surface area (Å²) >= 11 is 0. The number of fused-ring (bicyclic) bond motifs is 1. The van der Waals surface area contributed by atoms with Gasteiger partial charge >= 0.3 is 5.97 Å². The topological polar surface area (TPSA) is 49.8 Å². The highest BCUT2D eigenvalue weighted by molar-refractivity contribution is 5.69. The SMILES string of the molecule is CN(CC(=O)O)C1CCOc2ccccc21. The first-order valence-electron chi connectivity index (χ1n) is 5.32. The molecule has 86 valence electrons. The number of hydrogen-bond donors (Lipinski definition) is 1. The number of likely N-dealkylation sites (N-methyl/N-ethyl adjacent to an activating group) is 1. The fourth-order valence-corrected chi connectivity index (χ4v) is 2.10. The molecule has 16 heavy (non-hydrogen) atoms. The third kappa shape index (κ3) is 2.17. The molecular formula is C12H15NO3. The number of hydrogen-bond acceptors (Lipinski definition) is 3. The van der Waals surface area contributed by atoms with Crippen molar-refractivity contribution in [3.05, 3.63) is 29.8 Å². The van der Waals surface area contributed by atoms with Gasteiger partial charge in [0, 0.05) is 18.0 Å². The number of carbonyl (C=O) groups is 1. The van der Waals surface area contributed by atoms with Crippen LogP contribution in [-0.2, 0) is 4.79 Å². The maximum Gasteiger partial charge on any atom is 0.317 e. The van der Waals surface area contributed by atoms with Crippen LogP contribution in [0.25, 0.3) is 0 Å². The first-order valence-corrected chi connectivity index (χ1v) is 5.32. The minimum absolute atomic E-state index is 0.0546. The number of carboxylic acid groups (broad SMARTS) is 1. The van der Waals surface area contributed by atoms with Crippen molar-refractivity contribution in [3.8, 4) is 5.75 Å². The fraction of sp³-hybridized carbons (Fsp3) is 0.417. The summed E-state index contributed by atoms with van der Waals surface area (Å²) in [6, 6.07) is 7.95. The van der Waals surface area contributed by atoms with E-state index < -0.39 is 5.97 Å². The Morgan fingerprint density at radius 1 is 1.56 bits per heavy atom. The van der Waals surface area contributed by atoms with Gasteiger partial charge in [0.1, 0.15) is 5.75 Å². The Labute approximate surface area is 94.4 Å². The molecule has 1 heterocycles. The van der Waals surface area contributed by atoms with Gasteiger partial charge in [0.2, 0.25) is 0 Å². The van der Waals surface area contributed by atoms with E-state index in [9.17, 15) is 4.79 Å². The Kier molecular flexibility index (Phi) is 3.10. The van der Waals surface area contributed by atoms with Crippen molar-refractivity contribution in [1.29, 1.82) is 0 Å². The third-order valence-electron chi connectivity index (χ3n) is 2.84. The minimum atomic E-state index is -0.800. The molecule has 0 aromatic heterocycles. The van der Waals surface area contributed by atoms with Crippen molar-refractivity contribution in [2.24, 2.45) is 0 Å². The normalized spacial score (nSPS) is 19.0. The number of carboxylic acids is 1. The molecule has 1 N–H and O–H groups in total. The quantitative estimate of drug-likeness (QED) is 0.840. The van der Waals surface area contributed by atoms with Gasteiger partial charge < -0.3 is 9.84 Å². The fourth-order valence-electron chi connectivity index (χ4n) is 2.10. The molecule has 0 fully saturated rings. The predicted molar refractivity (Wildman–Crippen MR) is 59.6 cm³/mol. The van der Waals surface area contributed by atoms with Crippen molar-refractivity contribution in [2.45, 2.75) is 12.5 Å². The molecule has 4 nitrogen and oxygen atoms in total. The summed E-state index contributed by atoms with van der Waals surface area (Å²) in [6.07, 6.45) is 0.834. The second-order valence-electron chi connectivity index (χ2n) is 4.00. The molecule has 1 unspecified atom stereocenters. The van der Waals surface area contributed by atoms with E-state index >= 15 is 0 Å². The van der Waals surface area contributed by atoms with Crippen LogP contribution in [0.4, 0.5) is 0 Å². The molecule has 0 bridgehead atoms. The van der Waals surface area contributed by atoms with Gasteiger partial charge in [0.15, 0.2) is 0 Å². The molecule has 1 aromatic carbocycles. The Bertz CT molecular complexity index is 392. The van der Waals surface area contributed by atoms with Crippen molar-refractivity contribution in [2.75, 3.05) is 20.2 Å². The van der Waals surface area contributed by atoms with Crippen molar-refractivity contribution >= 4 is 5.97 Å². The molecular weight excluding hydrogens is 206 g/mol. The monoisotopic (exact) mass is 221 g/mol. The number of benzene rings is 1. The van der Waals surface area contributed by atoms with E-state index in [0.29, 0.717) is 6.61 Å². The average molecular weight is 221 g/mol. The lowest BCUT2D eigenvalue weighted by Gasteiger charge is -2.32. The lowest BCUT2D eigenvalue weighted by Crippen LogP contribution is -2.33. The zero-order valence-corrected chi connectivity index (χ0v) is 9.22. The van der Waals surface area contributed by atoms with Crippen LogP contribution in [0.1, 0.15) is 18.0 Å². The first-order chi connectivity index (χ1) is 7.68. The Balaban J connectivity index is 2.21. The van der Waals surface area contributed by atoms with Crippen molar-refractivity contribution in [3.63, 3.8) is 0 Å². The molecule has 0 spiro atoms. The zero-order valence-electron chi connectivity index (χ0n) is 9.22. The van der Waals surface area contributed by atoms with Gasteiger partial charge in [-0.3, -0.25) is 9.69 Å². The summed E-state index contributed by atoms with van der Waals surface area (Å²) in [5.41, 5.74) is 1.08. The largest absolute Gasteiger partial charge is 0.493 e. The number of rotatable bonds is 3. The molecule has 0 saturated carbocycles. The van der Waals surface area contributed by atoms with Crippen LogP contribution < -0.4 is 4.74 Å². The Morgan fingerprint density at radius 3 is 3.06 bits per heavy atom. The van der Waals surface area contributed by atoms with Gasteiger partial charge in [-0.25, -0.2) is 0 Å². The van der Waals surface area contributed by atoms with Crippen LogP contribution in [0, 0.1) is 0 Å². The van der Waals surface area contributed by atoms with Crippen LogP contribution >= 0.6 is 0 Å². The summed E-state index contributed by atoms with van der Waals surface area (Å²) in [6.45, 7) is 0.699. The van der Waals surface area contributed by atoms with E-state index in [1.165, 1.54) is 0 Å². The zero-order chi connectivity index (χ0) is 11.5. The molecule has 1 aliphatic rings. The molecule has 0 amide bonds. The number of aliphatic carboxylic acids is 1. The maximum atomic E-state index is 10.7. The summed E-state index contributed by atoms with van der Waals surface area (Å²) in [7, 11) is 1.83. The van der Waals surface area contributed by atoms with Gasteiger partial charge in [0.25, 0.3) is 0 Å². The molecule has 0 radical (unpaired) electrons. The van der Waals surface area contributed by atoms with E-state index in [1.807, 2.05) is 36.2 Å². The molecule has 1 aliphatic heterocycles. The number of nitrogens with zero attached hydrogens (tertiary/aromatic N) is 1. The van der Waals surface area contributed by atoms with Crippen molar-refractivity contribution in [1.82, 2.24) is 4.90 Å². The van der Waals surface area contributed by atoms with E-state index in [0.717, 1.165) is 17.7 Å². The maximum absolute atomic E-state index is 10.7. The predicted octanol–water partition coefficient (Wildman–Crippen LogP) is 1.53. The Hall–Kier alpha value is -1.55. The van der Waals surface area contributed by atoms with Crippen LogP contribution in [0.5, 0.6) is 5.75 Å². The highest BCUT2D eigenvalue weighted by atomic mass is 16.5. The molecule has 4 heteroatoms. The molecule has 1 aromatic rings. The first kappa shape index (κ1) is 11.0. The molecule has 1 atom stereocenters. The van der Waals surface area contributed by atoms with Crippen LogP contribution in [0.2, 0.25) is 0 Å². The second-order valence-corrected chi connectivity index (χ2v) is 4.00. The Morgan fingerprint density at radius 2 is 2.31 bits per heavy atom. The van der Waals surface area contributed by atoms with E-state index in [2.05, 4.69) is 0 Å². The molecule has 0 aliphatic carbocycles. The number of para-hydroxylation sites is 1. The summed E-state index contributed by atoms with van der Waals surface area (Å²) in [4.78, 5) is 12.5. The van der Waals surface area contributed by atoms with Crippen LogP contribution in [0.3, 0.4) is 0 Å². The lowest BCUT2D eigenvalue weighted by atomic mass is 9.99. The highest BCUT2D eigenvalue weighted by Crippen LogP contribution is 2.34. The van der Waals surface area contributed by atoms with Crippen molar-refractivity contribution < 1.29 is 14.6 Å². The van der Waals surface area contributed by atoms with Gasteiger partial charge in [-0.1, -0.05) is 18.2 Å². The van der Waals surface area contributed by atoms with Crippen LogP contribution in [0.15, 0.2) is 24.3 Å². The molecule has 0 saturated heterocycles. The number of ether oxygens (including phenoxy) is 1. The van der Waals surface area contributed by atoms with Gasteiger partial charge in [0.05, 0.1) is 13.2 Å². The summed E-state index contributed by atoms with van der Waals surface area (Å²) < 4.78 is 5.53. The smallest absolute Gasteiger partial charge is 0.317 e. The second kappa shape index (κ2) is 4.53.